The van der Waals surface area contributed by atoms with Crippen LogP contribution in [0, 0.1) is 0 Å². The first-order valence-corrected chi connectivity index (χ1v) is 8.70. The van der Waals surface area contributed by atoms with Crippen LogP contribution in [0.1, 0.15) is 12.8 Å². The van der Waals surface area contributed by atoms with Crippen LogP contribution in [-0.4, -0.2) is 51.7 Å². The molecule has 1 aliphatic heterocycles. The maximum absolute atomic E-state index is 12.4. The Hall–Kier alpha value is -1.80. The molecule has 1 fully saturated rings. The number of hydrogen-bond acceptors (Lipinski definition) is 5. The van der Waals surface area contributed by atoms with Gasteiger partial charge in [-0.2, -0.15) is 4.31 Å². The minimum atomic E-state index is -3.39. The molecule has 122 valence electrons. The molecular formula is C14H20N2O5S. The molecule has 0 aromatic heterocycles. The highest BCUT2D eigenvalue weighted by molar-refractivity contribution is 7.88. The first kappa shape index (κ1) is 16.6. The average Bonchev–Trinajstić information content (AvgIpc) is 2.96. The Morgan fingerprint density at radius 3 is 2.32 bits per heavy atom. The van der Waals surface area contributed by atoms with Crippen molar-refractivity contribution in [2.45, 2.75) is 18.9 Å². The third kappa shape index (κ3) is 3.69. The van der Waals surface area contributed by atoms with Gasteiger partial charge >= 0.3 is 0 Å². The van der Waals surface area contributed by atoms with Gasteiger partial charge in [-0.05, 0) is 12.8 Å². The highest BCUT2D eigenvalue weighted by atomic mass is 32.2. The number of ether oxygens (including phenoxy) is 2. The summed E-state index contributed by atoms with van der Waals surface area (Å²) in [5.74, 6) is 0.736. The van der Waals surface area contributed by atoms with Crippen LogP contribution in [0.15, 0.2) is 18.2 Å². The molecule has 1 aromatic carbocycles. The summed E-state index contributed by atoms with van der Waals surface area (Å²) < 4.78 is 34.9. The Bertz CT molecular complexity index is 637. The predicted molar refractivity (Wildman–Crippen MR) is 82.7 cm³/mol. The summed E-state index contributed by atoms with van der Waals surface area (Å²) in [6, 6.07) is 4.32. The first-order valence-electron chi connectivity index (χ1n) is 6.86. The standard InChI is InChI=1S/C14H20N2O5S/c1-20-11-7-10(8-12(9-11)21-2)15-14(17)13-5-4-6-16(13)22(3,18)19/h7-9,13H,4-6H2,1-3H3,(H,15,17). The quantitative estimate of drug-likeness (QED) is 0.874. The molecule has 1 saturated heterocycles. The van der Waals surface area contributed by atoms with Crippen molar-refractivity contribution in [2.24, 2.45) is 0 Å². The van der Waals surface area contributed by atoms with Gasteiger partial charge in [0.15, 0.2) is 0 Å². The van der Waals surface area contributed by atoms with Gasteiger partial charge < -0.3 is 14.8 Å². The number of sulfonamides is 1. The number of nitrogens with one attached hydrogen (secondary N) is 1. The Morgan fingerprint density at radius 2 is 1.82 bits per heavy atom. The molecule has 1 unspecified atom stereocenters. The van der Waals surface area contributed by atoms with Gasteiger partial charge in [0.1, 0.15) is 17.5 Å². The number of hydrogen-bond donors (Lipinski definition) is 1. The summed E-state index contributed by atoms with van der Waals surface area (Å²) in [6.45, 7) is 0.373. The van der Waals surface area contributed by atoms with Gasteiger partial charge in [0.05, 0.1) is 20.5 Å². The first-order chi connectivity index (χ1) is 10.3. The van der Waals surface area contributed by atoms with E-state index in [-0.39, 0.29) is 5.91 Å². The molecule has 0 radical (unpaired) electrons. The van der Waals surface area contributed by atoms with Gasteiger partial charge in [0.2, 0.25) is 15.9 Å². The monoisotopic (exact) mass is 328 g/mol. The maximum atomic E-state index is 12.4. The highest BCUT2D eigenvalue weighted by Crippen LogP contribution is 2.27. The zero-order valence-electron chi connectivity index (χ0n) is 12.8. The lowest BCUT2D eigenvalue weighted by Gasteiger charge is -2.21. The molecule has 1 aromatic rings. The van der Waals surface area contributed by atoms with Crippen molar-refractivity contribution in [1.82, 2.24) is 4.31 Å². The summed E-state index contributed by atoms with van der Waals surface area (Å²) in [4.78, 5) is 12.4. The van der Waals surface area contributed by atoms with Gasteiger partial charge in [-0.15, -0.1) is 0 Å². The normalized spacial score (nSPS) is 19.0. The van der Waals surface area contributed by atoms with Gasteiger partial charge in [-0.3, -0.25) is 4.79 Å². The summed E-state index contributed by atoms with van der Waals surface area (Å²) in [5.41, 5.74) is 0.501. The van der Waals surface area contributed by atoms with E-state index in [2.05, 4.69) is 5.32 Å². The van der Waals surface area contributed by atoms with Crippen LogP contribution < -0.4 is 14.8 Å². The Balaban J connectivity index is 2.18. The Morgan fingerprint density at radius 1 is 1.23 bits per heavy atom. The molecule has 0 bridgehead atoms. The summed E-state index contributed by atoms with van der Waals surface area (Å²) in [7, 11) is -0.358. The zero-order valence-corrected chi connectivity index (χ0v) is 13.6. The van der Waals surface area contributed by atoms with E-state index in [0.717, 1.165) is 6.26 Å². The highest BCUT2D eigenvalue weighted by Gasteiger charge is 2.36. The summed E-state index contributed by atoms with van der Waals surface area (Å²) in [5, 5.41) is 2.73. The third-order valence-electron chi connectivity index (χ3n) is 3.55. The number of methoxy groups -OCH3 is 2. The van der Waals surface area contributed by atoms with Gasteiger partial charge in [0.25, 0.3) is 0 Å². The van der Waals surface area contributed by atoms with E-state index in [4.69, 9.17) is 9.47 Å². The van der Waals surface area contributed by atoms with E-state index in [1.165, 1.54) is 18.5 Å². The molecule has 22 heavy (non-hydrogen) atoms. The Kier molecular flexibility index (Phi) is 4.92. The predicted octanol–water partition coefficient (Wildman–Crippen LogP) is 1.07. The molecular weight excluding hydrogens is 308 g/mol. The topological polar surface area (TPSA) is 84.9 Å². The number of nitrogens with zero attached hydrogens (tertiary/aromatic N) is 1. The number of anilines is 1. The maximum Gasteiger partial charge on any atom is 0.242 e. The fourth-order valence-corrected chi connectivity index (χ4v) is 3.63. The molecule has 1 heterocycles. The van der Waals surface area contributed by atoms with Crippen LogP contribution in [0.25, 0.3) is 0 Å². The molecule has 0 aliphatic carbocycles. The average molecular weight is 328 g/mol. The van der Waals surface area contributed by atoms with Gasteiger partial charge in [-0.1, -0.05) is 0 Å². The van der Waals surface area contributed by atoms with Crippen LogP contribution in [0.4, 0.5) is 5.69 Å². The second-order valence-electron chi connectivity index (χ2n) is 5.12. The van der Waals surface area contributed by atoms with E-state index in [0.29, 0.717) is 36.6 Å². The van der Waals surface area contributed by atoms with Crippen LogP contribution in [0.5, 0.6) is 11.5 Å². The number of rotatable bonds is 5. The van der Waals surface area contributed by atoms with E-state index in [1.807, 2.05) is 0 Å². The summed E-state index contributed by atoms with van der Waals surface area (Å²) in [6.07, 6.45) is 2.31. The van der Waals surface area contributed by atoms with Crippen molar-refractivity contribution in [1.29, 1.82) is 0 Å². The molecule has 1 atom stereocenters. The second kappa shape index (κ2) is 6.53. The van der Waals surface area contributed by atoms with Crippen LogP contribution in [0.3, 0.4) is 0 Å². The minimum Gasteiger partial charge on any atom is -0.497 e. The lowest BCUT2D eigenvalue weighted by atomic mass is 10.2. The van der Waals surface area contributed by atoms with Crippen LogP contribution in [-0.2, 0) is 14.8 Å². The van der Waals surface area contributed by atoms with Crippen molar-refractivity contribution in [3.05, 3.63) is 18.2 Å². The van der Waals surface area contributed by atoms with E-state index in [9.17, 15) is 13.2 Å². The summed E-state index contributed by atoms with van der Waals surface area (Å²) >= 11 is 0. The largest absolute Gasteiger partial charge is 0.497 e. The van der Waals surface area contributed by atoms with E-state index >= 15 is 0 Å². The molecule has 8 heteroatoms. The number of amides is 1. The van der Waals surface area contributed by atoms with Gasteiger partial charge in [0, 0.05) is 30.4 Å². The molecule has 2 rings (SSSR count). The zero-order chi connectivity index (χ0) is 16.3. The lowest BCUT2D eigenvalue weighted by molar-refractivity contribution is -0.119. The minimum absolute atomic E-state index is 0.349. The molecule has 7 nitrogen and oxygen atoms in total. The number of carbonyl (C=O) groups is 1. The molecule has 1 aliphatic rings. The number of benzene rings is 1. The molecule has 0 spiro atoms. The fourth-order valence-electron chi connectivity index (χ4n) is 2.50. The Labute approximate surface area is 130 Å². The van der Waals surface area contributed by atoms with Crippen LogP contribution in [0.2, 0.25) is 0 Å². The second-order valence-corrected chi connectivity index (χ2v) is 7.06. The van der Waals surface area contributed by atoms with E-state index < -0.39 is 16.1 Å². The fraction of sp³-hybridized carbons (Fsp3) is 0.500. The van der Waals surface area contributed by atoms with Crippen molar-refractivity contribution in [3.8, 4) is 11.5 Å². The SMILES string of the molecule is COc1cc(NC(=O)C2CCCN2S(C)(=O)=O)cc(OC)c1. The van der Waals surface area contributed by atoms with Crippen molar-refractivity contribution < 1.29 is 22.7 Å². The van der Waals surface area contributed by atoms with Gasteiger partial charge in [-0.25, -0.2) is 8.42 Å². The lowest BCUT2D eigenvalue weighted by Crippen LogP contribution is -2.42. The molecule has 0 saturated carbocycles. The number of carbonyl (C=O) groups excluding carboxylic acids is 1. The molecule has 1 N–H and O–H groups in total. The van der Waals surface area contributed by atoms with Crippen molar-refractivity contribution in [2.75, 3.05) is 32.3 Å². The van der Waals surface area contributed by atoms with Crippen molar-refractivity contribution in [3.63, 3.8) is 0 Å². The smallest absolute Gasteiger partial charge is 0.242 e. The van der Waals surface area contributed by atoms with Crippen molar-refractivity contribution >= 4 is 21.6 Å². The molecule has 1 amide bonds. The third-order valence-corrected chi connectivity index (χ3v) is 4.84. The van der Waals surface area contributed by atoms with E-state index in [1.54, 1.807) is 18.2 Å². The van der Waals surface area contributed by atoms with Crippen LogP contribution >= 0.6 is 0 Å².